The number of aromatic nitrogens is 4. The van der Waals surface area contributed by atoms with Gasteiger partial charge in [0.1, 0.15) is 12.1 Å². The predicted octanol–water partition coefficient (Wildman–Crippen LogP) is 2.10. The molecule has 1 aromatic carbocycles. The molecule has 1 atom stereocenters. The lowest BCUT2D eigenvalue weighted by molar-refractivity contribution is -0.121. The number of likely N-dealkylation sites (N-methyl/N-ethyl adjacent to an activating group) is 1. The molecule has 0 saturated heterocycles. The van der Waals surface area contributed by atoms with Crippen LogP contribution in [0.1, 0.15) is 35.0 Å². The van der Waals surface area contributed by atoms with Gasteiger partial charge in [-0.25, -0.2) is 9.50 Å². The monoisotopic (exact) mass is 396 g/mol. The lowest BCUT2D eigenvalue weighted by atomic mass is 10.0. The first-order chi connectivity index (χ1) is 13.9. The molecule has 1 N–H and O–H groups in total. The maximum Gasteiger partial charge on any atom is 0.252 e. The van der Waals surface area contributed by atoms with E-state index < -0.39 is 0 Å². The summed E-state index contributed by atoms with van der Waals surface area (Å²) in [6.07, 6.45) is 2.48. The second-order valence-electron chi connectivity index (χ2n) is 7.26. The van der Waals surface area contributed by atoms with Gasteiger partial charge in [-0.2, -0.15) is 10.1 Å². The maximum atomic E-state index is 12.5. The van der Waals surface area contributed by atoms with Crippen molar-refractivity contribution in [2.24, 2.45) is 0 Å². The molecule has 1 amide bonds. The highest BCUT2D eigenvalue weighted by Gasteiger charge is 2.19. The topological polar surface area (TPSA) is 84.6 Å². The third-order valence-electron chi connectivity index (χ3n) is 5.20. The number of amides is 1. The average molecular weight is 396 g/mol. The van der Waals surface area contributed by atoms with Crippen molar-refractivity contribution < 1.29 is 9.53 Å². The highest BCUT2D eigenvalue weighted by Crippen LogP contribution is 2.27. The third-order valence-corrected chi connectivity index (χ3v) is 5.20. The fraction of sp³-hybridized carbons (Fsp3) is 0.429. The van der Waals surface area contributed by atoms with E-state index in [-0.39, 0.29) is 11.9 Å². The van der Waals surface area contributed by atoms with Crippen molar-refractivity contribution in [2.75, 3.05) is 27.7 Å². The van der Waals surface area contributed by atoms with Crippen molar-refractivity contribution in [3.8, 4) is 5.75 Å². The van der Waals surface area contributed by atoms with Crippen molar-refractivity contribution in [3.05, 3.63) is 53.1 Å². The fourth-order valence-electron chi connectivity index (χ4n) is 3.57. The van der Waals surface area contributed by atoms with Crippen LogP contribution in [0.5, 0.6) is 5.75 Å². The minimum Gasteiger partial charge on any atom is -0.496 e. The first-order valence-corrected chi connectivity index (χ1v) is 9.64. The molecule has 2 heterocycles. The smallest absolute Gasteiger partial charge is 0.252 e. The molecule has 29 heavy (non-hydrogen) atoms. The largest absolute Gasteiger partial charge is 0.496 e. The third kappa shape index (κ3) is 4.54. The Bertz CT molecular complexity index is 998. The van der Waals surface area contributed by atoms with Gasteiger partial charge in [0.25, 0.3) is 5.78 Å². The highest BCUT2D eigenvalue weighted by molar-refractivity contribution is 5.76. The molecule has 1 unspecified atom stereocenters. The van der Waals surface area contributed by atoms with E-state index in [0.29, 0.717) is 25.2 Å². The molecule has 0 saturated carbocycles. The Balaban J connectivity index is 1.65. The Kier molecular flexibility index (Phi) is 6.43. The van der Waals surface area contributed by atoms with Gasteiger partial charge in [0.05, 0.1) is 13.2 Å². The second kappa shape index (κ2) is 9.00. The van der Waals surface area contributed by atoms with E-state index in [1.165, 1.54) is 6.33 Å². The van der Waals surface area contributed by atoms with E-state index in [0.717, 1.165) is 28.3 Å². The molecule has 0 fully saturated rings. The summed E-state index contributed by atoms with van der Waals surface area (Å²) < 4.78 is 7.20. The highest BCUT2D eigenvalue weighted by atomic mass is 16.5. The van der Waals surface area contributed by atoms with Crippen LogP contribution in [0.3, 0.4) is 0 Å². The number of fused-ring (bicyclic) bond motifs is 1. The van der Waals surface area contributed by atoms with Crippen LogP contribution in [0, 0.1) is 13.8 Å². The molecule has 3 rings (SSSR count). The van der Waals surface area contributed by atoms with Crippen molar-refractivity contribution in [1.29, 1.82) is 0 Å². The number of nitrogens with zero attached hydrogens (tertiary/aromatic N) is 5. The Morgan fingerprint density at radius 1 is 1.28 bits per heavy atom. The number of nitrogens with one attached hydrogen (secondary N) is 1. The van der Waals surface area contributed by atoms with Crippen LogP contribution in [0.25, 0.3) is 5.78 Å². The number of aryl methyl sites for hydroxylation is 2. The zero-order chi connectivity index (χ0) is 21.0. The van der Waals surface area contributed by atoms with E-state index in [4.69, 9.17) is 4.74 Å². The summed E-state index contributed by atoms with van der Waals surface area (Å²) in [5.74, 6) is 1.40. The maximum absolute atomic E-state index is 12.5. The summed E-state index contributed by atoms with van der Waals surface area (Å²) in [6.45, 7) is 4.43. The van der Waals surface area contributed by atoms with Crippen molar-refractivity contribution in [3.63, 3.8) is 0 Å². The van der Waals surface area contributed by atoms with E-state index in [1.807, 2.05) is 52.2 Å². The molecular weight excluding hydrogens is 368 g/mol. The van der Waals surface area contributed by atoms with Gasteiger partial charge in [0.15, 0.2) is 0 Å². The molecule has 0 aliphatic heterocycles. The summed E-state index contributed by atoms with van der Waals surface area (Å²) in [5.41, 5.74) is 3.94. The fourth-order valence-corrected chi connectivity index (χ4v) is 3.57. The first-order valence-electron chi connectivity index (χ1n) is 9.64. The van der Waals surface area contributed by atoms with Crippen LogP contribution >= 0.6 is 0 Å². The van der Waals surface area contributed by atoms with Crippen LogP contribution in [0.4, 0.5) is 0 Å². The van der Waals surface area contributed by atoms with Gasteiger partial charge in [-0.05, 0) is 46.0 Å². The zero-order valence-electron chi connectivity index (χ0n) is 17.6. The summed E-state index contributed by atoms with van der Waals surface area (Å²) in [4.78, 5) is 23.2. The molecule has 0 aliphatic rings. The number of carbonyl (C=O) groups excluding carboxylic acids is 1. The van der Waals surface area contributed by atoms with Gasteiger partial charge in [0.2, 0.25) is 5.91 Å². The van der Waals surface area contributed by atoms with Crippen LogP contribution in [-0.4, -0.2) is 58.1 Å². The Morgan fingerprint density at radius 2 is 2.03 bits per heavy atom. The summed E-state index contributed by atoms with van der Waals surface area (Å²) in [7, 11) is 5.65. The lowest BCUT2D eigenvalue weighted by Gasteiger charge is -2.26. The summed E-state index contributed by atoms with van der Waals surface area (Å²) in [6, 6.07) is 7.91. The number of methoxy groups -OCH3 is 1. The van der Waals surface area contributed by atoms with E-state index in [1.54, 1.807) is 11.6 Å². The van der Waals surface area contributed by atoms with Gasteiger partial charge < -0.3 is 15.0 Å². The van der Waals surface area contributed by atoms with E-state index >= 15 is 0 Å². The Morgan fingerprint density at radius 3 is 2.76 bits per heavy atom. The first kappa shape index (κ1) is 20.7. The SMILES string of the molecule is COc1ccccc1C(CNC(=O)CCc1c(C)nc2ncnn2c1C)N(C)C. The molecule has 3 aromatic rings. The minimum atomic E-state index is 0.00392. The van der Waals surface area contributed by atoms with Gasteiger partial charge >= 0.3 is 0 Å². The standard InChI is InChI=1S/C21H28N6O2/c1-14-16(15(2)27-21(25-14)23-13-24-27)10-11-20(28)22-12-18(26(3)4)17-8-6-7-9-19(17)29-5/h6-9,13,18H,10-12H2,1-5H3,(H,22,28). The number of hydrogen-bond donors (Lipinski definition) is 1. The minimum absolute atomic E-state index is 0.00392. The molecule has 0 radical (unpaired) electrons. The molecule has 0 aliphatic carbocycles. The number of carbonyl (C=O) groups is 1. The Labute approximate surface area is 170 Å². The second-order valence-corrected chi connectivity index (χ2v) is 7.26. The predicted molar refractivity (Wildman–Crippen MR) is 111 cm³/mol. The van der Waals surface area contributed by atoms with Gasteiger partial charge in [-0.15, -0.1) is 0 Å². The number of para-hydroxylation sites is 1. The number of hydrogen-bond acceptors (Lipinski definition) is 6. The molecular formula is C21H28N6O2. The summed E-state index contributed by atoms with van der Waals surface area (Å²) in [5, 5.41) is 7.26. The molecule has 154 valence electrons. The van der Waals surface area contributed by atoms with Crippen LogP contribution in [0.15, 0.2) is 30.6 Å². The summed E-state index contributed by atoms with van der Waals surface area (Å²) >= 11 is 0. The van der Waals surface area contributed by atoms with E-state index in [2.05, 4.69) is 25.3 Å². The van der Waals surface area contributed by atoms with Crippen LogP contribution in [0.2, 0.25) is 0 Å². The van der Waals surface area contributed by atoms with E-state index in [9.17, 15) is 4.79 Å². The van der Waals surface area contributed by atoms with Crippen molar-refractivity contribution in [1.82, 2.24) is 29.8 Å². The molecule has 8 nitrogen and oxygen atoms in total. The van der Waals surface area contributed by atoms with Gasteiger partial charge in [0, 0.05) is 29.9 Å². The number of ether oxygens (including phenoxy) is 1. The number of benzene rings is 1. The molecule has 0 spiro atoms. The van der Waals surface area contributed by atoms with Gasteiger partial charge in [-0.3, -0.25) is 4.79 Å². The van der Waals surface area contributed by atoms with Crippen molar-refractivity contribution in [2.45, 2.75) is 32.7 Å². The molecule has 0 bridgehead atoms. The quantitative estimate of drug-likeness (QED) is 0.628. The Hall–Kier alpha value is -3.00. The number of rotatable bonds is 8. The van der Waals surface area contributed by atoms with Crippen LogP contribution < -0.4 is 10.1 Å². The lowest BCUT2D eigenvalue weighted by Crippen LogP contribution is -2.34. The molecule has 2 aromatic heterocycles. The normalized spacial score (nSPS) is 12.3. The van der Waals surface area contributed by atoms with Gasteiger partial charge in [-0.1, -0.05) is 18.2 Å². The van der Waals surface area contributed by atoms with Crippen LogP contribution in [-0.2, 0) is 11.2 Å². The average Bonchev–Trinajstić information content (AvgIpc) is 3.16. The zero-order valence-corrected chi connectivity index (χ0v) is 17.6. The molecule has 8 heteroatoms. The van der Waals surface area contributed by atoms with Crippen molar-refractivity contribution >= 4 is 11.7 Å².